The van der Waals surface area contributed by atoms with Gasteiger partial charge < -0.3 is 0 Å². The van der Waals surface area contributed by atoms with Crippen LogP contribution in [0.25, 0.3) is 0 Å². The van der Waals surface area contributed by atoms with Crippen molar-refractivity contribution in [1.29, 1.82) is 0 Å². The molecule has 0 heterocycles. The van der Waals surface area contributed by atoms with Crippen LogP contribution in [0.2, 0.25) is 0 Å². The fraction of sp³-hybridized carbons (Fsp3) is 0.200. The lowest BCUT2D eigenvalue weighted by molar-refractivity contribution is 0.910. The Labute approximate surface area is 121 Å². The first-order chi connectivity index (χ1) is 8.16. The second kappa shape index (κ2) is 5.87. The van der Waals surface area contributed by atoms with Crippen molar-refractivity contribution >= 4 is 34.2 Å². The van der Waals surface area contributed by atoms with Gasteiger partial charge in [-0.1, -0.05) is 36.4 Å². The van der Waals surface area contributed by atoms with Gasteiger partial charge in [0.25, 0.3) is 0 Å². The monoisotopic (exact) mass is 356 g/mol. The summed E-state index contributed by atoms with van der Waals surface area (Å²) in [6.07, 6.45) is 0.884. The molecule has 0 amide bonds. The molecule has 0 nitrogen and oxygen atoms in total. The van der Waals surface area contributed by atoms with E-state index in [1.165, 1.54) is 20.3 Å². The SMILES string of the molecule is Cc1ccccc1CC(Cl)c1ccc(I)cc1. The van der Waals surface area contributed by atoms with Gasteiger partial charge in [0.1, 0.15) is 0 Å². The van der Waals surface area contributed by atoms with Gasteiger partial charge in [0.15, 0.2) is 0 Å². The van der Waals surface area contributed by atoms with Crippen molar-refractivity contribution in [2.75, 3.05) is 0 Å². The van der Waals surface area contributed by atoms with Crippen molar-refractivity contribution in [2.24, 2.45) is 0 Å². The molecule has 0 aliphatic rings. The highest BCUT2D eigenvalue weighted by atomic mass is 127. The number of benzene rings is 2. The van der Waals surface area contributed by atoms with Gasteiger partial charge in [-0.3, -0.25) is 0 Å². The Morgan fingerprint density at radius 2 is 1.71 bits per heavy atom. The molecule has 0 fully saturated rings. The lowest BCUT2D eigenvalue weighted by atomic mass is 10.0. The van der Waals surface area contributed by atoms with Crippen molar-refractivity contribution in [3.8, 4) is 0 Å². The number of alkyl halides is 1. The third kappa shape index (κ3) is 3.46. The third-order valence-electron chi connectivity index (χ3n) is 2.89. The Hall–Kier alpha value is -0.540. The number of aryl methyl sites for hydroxylation is 1. The minimum absolute atomic E-state index is 0.0492. The topological polar surface area (TPSA) is 0 Å². The molecular formula is C15H14ClI. The molecule has 2 aromatic carbocycles. The quantitative estimate of drug-likeness (QED) is 0.529. The number of rotatable bonds is 3. The lowest BCUT2D eigenvalue weighted by Crippen LogP contribution is -1.97. The van der Waals surface area contributed by atoms with Crippen molar-refractivity contribution in [1.82, 2.24) is 0 Å². The van der Waals surface area contributed by atoms with E-state index in [1.54, 1.807) is 0 Å². The first-order valence-corrected chi connectivity index (χ1v) is 7.12. The zero-order valence-electron chi connectivity index (χ0n) is 9.66. The van der Waals surface area contributed by atoms with E-state index < -0.39 is 0 Å². The molecule has 1 unspecified atom stereocenters. The van der Waals surface area contributed by atoms with E-state index >= 15 is 0 Å². The normalized spacial score (nSPS) is 12.4. The Morgan fingerprint density at radius 1 is 1.06 bits per heavy atom. The fourth-order valence-electron chi connectivity index (χ4n) is 1.82. The van der Waals surface area contributed by atoms with Crippen molar-refractivity contribution in [3.05, 3.63) is 68.8 Å². The van der Waals surface area contributed by atoms with Gasteiger partial charge in [-0.25, -0.2) is 0 Å². The fourth-order valence-corrected chi connectivity index (χ4v) is 2.49. The summed E-state index contributed by atoms with van der Waals surface area (Å²) in [4.78, 5) is 0. The molecule has 0 bridgehead atoms. The molecule has 0 aliphatic heterocycles. The average Bonchev–Trinajstić information content (AvgIpc) is 2.33. The summed E-state index contributed by atoms with van der Waals surface area (Å²) in [7, 11) is 0. The predicted molar refractivity (Wildman–Crippen MR) is 82.6 cm³/mol. The van der Waals surface area contributed by atoms with Gasteiger partial charge in [-0.2, -0.15) is 0 Å². The molecule has 0 aromatic heterocycles. The van der Waals surface area contributed by atoms with Crippen LogP contribution in [0.5, 0.6) is 0 Å². The second-order valence-electron chi connectivity index (χ2n) is 4.15. The molecule has 88 valence electrons. The summed E-state index contributed by atoms with van der Waals surface area (Å²) >= 11 is 8.77. The van der Waals surface area contributed by atoms with Crippen LogP contribution in [0.4, 0.5) is 0 Å². The van der Waals surface area contributed by atoms with Gasteiger partial charge in [0.2, 0.25) is 0 Å². The zero-order valence-corrected chi connectivity index (χ0v) is 12.6. The van der Waals surface area contributed by atoms with Crippen molar-refractivity contribution in [3.63, 3.8) is 0 Å². The molecule has 2 aromatic rings. The maximum absolute atomic E-state index is 6.46. The van der Waals surface area contributed by atoms with Crippen LogP contribution in [0.3, 0.4) is 0 Å². The average molecular weight is 357 g/mol. The minimum atomic E-state index is 0.0492. The molecule has 0 aliphatic carbocycles. The van der Waals surface area contributed by atoms with E-state index in [2.05, 4.69) is 78.0 Å². The Bertz CT molecular complexity index is 491. The first-order valence-electron chi connectivity index (χ1n) is 5.61. The minimum Gasteiger partial charge on any atom is -0.117 e. The molecule has 0 radical (unpaired) electrons. The number of halogens is 2. The van der Waals surface area contributed by atoms with E-state index in [1.807, 2.05) is 0 Å². The molecular weight excluding hydrogens is 343 g/mol. The number of hydrogen-bond acceptors (Lipinski definition) is 0. The van der Waals surface area contributed by atoms with Crippen molar-refractivity contribution < 1.29 is 0 Å². The highest BCUT2D eigenvalue weighted by Gasteiger charge is 2.09. The summed E-state index contributed by atoms with van der Waals surface area (Å²) in [5, 5.41) is 0.0492. The standard InChI is InChI=1S/C15H14ClI/c1-11-4-2-3-5-13(11)10-15(16)12-6-8-14(17)9-7-12/h2-9,15H,10H2,1H3. The predicted octanol–water partition coefficient (Wildman–Crippen LogP) is 5.12. The van der Waals surface area contributed by atoms with Gasteiger partial charge in [0.05, 0.1) is 5.38 Å². The van der Waals surface area contributed by atoms with Gasteiger partial charge in [0, 0.05) is 3.57 Å². The Kier molecular flexibility index (Phi) is 4.46. The summed E-state index contributed by atoms with van der Waals surface area (Å²) in [5.74, 6) is 0. The van der Waals surface area contributed by atoms with E-state index in [-0.39, 0.29) is 5.38 Å². The van der Waals surface area contributed by atoms with E-state index in [9.17, 15) is 0 Å². The maximum Gasteiger partial charge on any atom is 0.0625 e. The van der Waals surface area contributed by atoms with Crippen LogP contribution in [0, 0.1) is 10.5 Å². The largest absolute Gasteiger partial charge is 0.117 e. The third-order valence-corrected chi connectivity index (χ3v) is 4.02. The van der Waals surface area contributed by atoms with Crippen LogP contribution in [-0.4, -0.2) is 0 Å². The van der Waals surface area contributed by atoms with Crippen LogP contribution < -0.4 is 0 Å². The van der Waals surface area contributed by atoms with Crippen LogP contribution in [0.15, 0.2) is 48.5 Å². The first kappa shape index (κ1) is 12.9. The summed E-state index contributed by atoms with van der Waals surface area (Å²) in [5.41, 5.74) is 3.82. The van der Waals surface area contributed by atoms with Crippen LogP contribution in [-0.2, 0) is 6.42 Å². The second-order valence-corrected chi connectivity index (χ2v) is 5.92. The zero-order chi connectivity index (χ0) is 12.3. The van der Waals surface area contributed by atoms with Gasteiger partial charge in [-0.05, 0) is 64.8 Å². The highest BCUT2D eigenvalue weighted by Crippen LogP contribution is 2.26. The summed E-state index contributed by atoms with van der Waals surface area (Å²) in [6, 6.07) is 16.8. The van der Waals surface area contributed by atoms with Gasteiger partial charge >= 0.3 is 0 Å². The summed E-state index contributed by atoms with van der Waals surface area (Å²) in [6.45, 7) is 2.13. The summed E-state index contributed by atoms with van der Waals surface area (Å²) < 4.78 is 1.24. The Morgan fingerprint density at radius 3 is 2.35 bits per heavy atom. The molecule has 0 saturated carbocycles. The van der Waals surface area contributed by atoms with E-state index in [0.29, 0.717) is 0 Å². The molecule has 2 heteroatoms. The molecule has 0 saturated heterocycles. The van der Waals surface area contributed by atoms with E-state index in [4.69, 9.17) is 11.6 Å². The van der Waals surface area contributed by atoms with E-state index in [0.717, 1.165) is 6.42 Å². The smallest absolute Gasteiger partial charge is 0.0625 e. The molecule has 2 rings (SSSR count). The van der Waals surface area contributed by atoms with Crippen LogP contribution in [0.1, 0.15) is 22.1 Å². The van der Waals surface area contributed by atoms with Gasteiger partial charge in [-0.15, -0.1) is 11.6 Å². The number of hydrogen-bond donors (Lipinski definition) is 0. The Balaban J connectivity index is 2.14. The molecule has 0 spiro atoms. The maximum atomic E-state index is 6.46. The molecule has 1 atom stereocenters. The molecule has 0 N–H and O–H groups in total. The lowest BCUT2D eigenvalue weighted by Gasteiger charge is -2.12. The molecule has 17 heavy (non-hydrogen) atoms. The highest BCUT2D eigenvalue weighted by molar-refractivity contribution is 14.1. The van der Waals surface area contributed by atoms with Crippen LogP contribution >= 0.6 is 34.2 Å². The van der Waals surface area contributed by atoms with Crippen molar-refractivity contribution in [2.45, 2.75) is 18.7 Å².